The number of amides is 1. The molecule has 3 rings (SSSR count). The van der Waals surface area contributed by atoms with Gasteiger partial charge in [0.25, 0.3) is 0 Å². The van der Waals surface area contributed by atoms with Crippen LogP contribution in [0.4, 0.5) is 8.78 Å². The van der Waals surface area contributed by atoms with E-state index in [9.17, 15) is 13.6 Å². The smallest absolute Gasteiger partial charge is 0.227 e. The van der Waals surface area contributed by atoms with Gasteiger partial charge in [0, 0.05) is 24.5 Å². The van der Waals surface area contributed by atoms with Crippen LogP contribution in [0.3, 0.4) is 0 Å². The van der Waals surface area contributed by atoms with Gasteiger partial charge in [-0.25, -0.2) is 8.78 Å². The first-order valence-corrected chi connectivity index (χ1v) is 8.51. The number of hydrogen-bond acceptors (Lipinski definition) is 5. The average molecular weight is 363 g/mol. The SMILES string of the molecule is C[C@H](NC(=O)CCc1nc(-c2cccs2)no1)c1ccc(F)cc1F. The van der Waals surface area contributed by atoms with Crippen LogP contribution in [-0.4, -0.2) is 16.0 Å². The summed E-state index contributed by atoms with van der Waals surface area (Å²) in [5.41, 5.74) is 0.229. The fourth-order valence-corrected chi connectivity index (χ4v) is 2.98. The number of halogens is 2. The van der Waals surface area contributed by atoms with Crippen LogP contribution >= 0.6 is 11.3 Å². The fourth-order valence-electron chi connectivity index (χ4n) is 2.33. The Hall–Kier alpha value is -2.61. The number of benzene rings is 1. The quantitative estimate of drug-likeness (QED) is 0.721. The van der Waals surface area contributed by atoms with E-state index in [4.69, 9.17) is 4.52 Å². The van der Waals surface area contributed by atoms with Gasteiger partial charge in [0.1, 0.15) is 11.6 Å². The molecular formula is C17H15F2N3O2S. The Morgan fingerprint density at radius 3 is 2.92 bits per heavy atom. The topological polar surface area (TPSA) is 68.0 Å². The van der Waals surface area contributed by atoms with Gasteiger partial charge in [0.15, 0.2) is 0 Å². The molecule has 1 atom stereocenters. The first-order chi connectivity index (χ1) is 12.0. The molecule has 0 fully saturated rings. The number of aryl methyl sites for hydroxylation is 1. The lowest BCUT2D eigenvalue weighted by Crippen LogP contribution is -2.27. The highest BCUT2D eigenvalue weighted by atomic mass is 32.1. The molecule has 2 aromatic heterocycles. The van der Waals surface area contributed by atoms with Crippen LogP contribution < -0.4 is 5.32 Å². The van der Waals surface area contributed by atoms with Gasteiger partial charge in [-0.15, -0.1) is 11.3 Å². The highest BCUT2D eigenvalue weighted by molar-refractivity contribution is 7.13. The zero-order chi connectivity index (χ0) is 17.8. The third-order valence-electron chi connectivity index (χ3n) is 3.58. The third kappa shape index (κ3) is 4.27. The Balaban J connectivity index is 1.54. The van der Waals surface area contributed by atoms with Gasteiger partial charge in [-0.2, -0.15) is 4.98 Å². The Labute approximate surface area is 146 Å². The number of hydrogen-bond donors (Lipinski definition) is 1. The summed E-state index contributed by atoms with van der Waals surface area (Å²) in [5.74, 6) is -0.776. The van der Waals surface area contributed by atoms with Crippen LogP contribution in [0.1, 0.15) is 30.8 Å². The lowest BCUT2D eigenvalue weighted by molar-refractivity contribution is -0.121. The van der Waals surface area contributed by atoms with Crippen LogP contribution in [0.15, 0.2) is 40.2 Å². The predicted octanol–water partition coefficient (Wildman–Crippen LogP) is 3.89. The minimum absolute atomic E-state index is 0.124. The summed E-state index contributed by atoms with van der Waals surface area (Å²) < 4.78 is 31.8. The number of aromatic nitrogens is 2. The second-order valence-corrected chi connectivity index (χ2v) is 6.39. The lowest BCUT2D eigenvalue weighted by Gasteiger charge is -2.14. The number of rotatable bonds is 6. The molecule has 8 heteroatoms. The van der Waals surface area contributed by atoms with Crippen LogP contribution in [0.5, 0.6) is 0 Å². The molecule has 0 spiro atoms. The van der Waals surface area contributed by atoms with Crippen LogP contribution in [0.2, 0.25) is 0 Å². The van der Waals surface area contributed by atoms with Crippen molar-refractivity contribution in [3.05, 3.63) is 58.8 Å². The van der Waals surface area contributed by atoms with Crippen molar-refractivity contribution in [2.45, 2.75) is 25.8 Å². The normalized spacial score (nSPS) is 12.1. The Morgan fingerprint density at radius 1 is 1.36 bits per heavy atom. The Bertz CT molecular complexity index is 865. The van der Waals surface area contributed by atoms with Gasteiger partial charge < -0.3 is 9.84 Å². The molecule has 0 aliphatic heterocycles. The molecule has 1 amide bonds. The molecule has 1 N–H and O–H groups in total. The predicted molar refractivity (Wildman–Crippen MR) is 88.8 cm³/mol. The number of nitrogens with zero attached hydrogens (tertiary/aromatic N) is 2. The average Bonchev–Trinajstić information content (AvgIpc) is 3.24. The van der Waals surface area contributed by atoms with E-state index in [-0.39, 0.29) is 24.3 Å². The summed E-state index contributed by atoms with van der Waals surface area (Å²) >= 11 is 1.50. The van der Waals surface area contributed by atoms with Crippen molar-refractivity contribution < 1.29 is 18.1 Å². The van der Waals surface area contributed by atoms with E-state index in [0.717, 1.165) is 17.0 Å². The Kier molecular flexibility index (Phi) is 5.18. The minimum Gasteiger partial charge on any atom is -0.349 e. The lowest BCUT2D eigenvalue weighted by atomic mass is 10.1. The summed E-state index contributed by atoms with van der Waals surface area (Å²) in [7, 11) is 0. The van der Waals surface area contributed by atoms with Gasteiger partial charge >= 0.3 is 0 Å². The highest BCUT2D eigenvalue weighted by Crippen LogP contribution is 2.22. The van der Waals surface area contributed by atoms with E-state index in [1.807, 2.05) is 17.5 Å². The van der Waals surface area contributed by atoms with E-state index >= 15 is 0 Å². The summed E-state index contributed by atoms with van der Waals surface area (Å²) in [6, 6.07) is 6.47. The molecule has 130 valence electrons. The van der Waals surface area contributed by atoms with Crippen molar-refractivity contribution in [3.8, 4) is 10.7 Å². The molecular weight excluding hydrogens is 348 g/mol. The van der Waals surface area contributed by atoms with Crippen molar-refractivity contribution in [2.75, 3.05) is 0 Å². The van der Waals surface area contributed by atoms with E-state index in [1.54, 1.807) is 6.92 Å². The van der Waals surface area contributed by atoms with E-state index in [0.29, 0.717) is 11.7 Å². The molecule has 5 nitrogen and oxygen atoms in total. The molecule has 0 aliphatic rings. The van der Waals surface area contributed by atoms with Crippen LogP contribution in [0.25, 0.3) is 10.7 Å². The minimum atomic E-state index is -0.690. The van der Waals surface area contributed by atoms with Crippen LogP contribution in [0, 0.1) is 11.6 Å². The summed E-state index contributed by atoms with van der Waals surface area (Å²) in [6.45, 7) is 1.63. The maximum Gasteiger partial charge on any atom is 0.227 e. The van der Waals surface area contributed by atoms with Gasteiger partial charge in [0.2, 0.25) is 17.6 Å². The van der Waals surface area contributed by atoms with E-state index < -0.39 is 17.7 Å². The van der Waals surface area contributed by atoms with Crippen LogP contribution in [-0.2, 0) is 11.2 Å². The molecule has 0 saturated carbocycles. The van der Waals surface area contributed by atoms with Crippen molar-refractivity contribution >= 4 is 17.2 Å². The third-order valence-corrected chi connectivity index (χ3v) is 4.45. The first-order valence-electron chi connectivity index (χ1n) is 7.63. The summed E-state index contributed by atoms with van der Waals surface area (Å²) in [5, 5.41) is 8.46. The number of carbonyl (C=O) groups is 1. The standard InChI is InChI=1S/C17H15F2N3O2S/c1-10(12-5-4-11(18)9-13(12)19)20-15(23)6-7-16-21-17(22-24-16)14-3-2-8-25-14/h2-5,8-10H,6-7H2,1H3,(H,20,23)/t10-/m0/s1. The molecule has 0 unspecified atom stereocenters. The monoisotopic (exact) mass is 363 g/mol. The van der Waals surface area contributed by atoms with E-state index in [2.05, 4.69) is 15.5 Å². The van der Waals surface area contributed by atoms with Crippen molar-refractivity contribution in [1.29, 1.82) is 0 Å². The first kappa shape index (κ1) is 17.2. The number of nitrogens with one attached hydrogen (secondary N) is 1. The van der Waals surface area contributed by atoms with E-state index in [1.165, 1.54) is 17.4 Å². The molecule has 2 heterocycles. The highest BCUT2D eigenvalue weighted by Gasteiger charge is 2.16. The summed E-state index contributed by atoms with van der Waals surface area (Å²) in [4.78, 5) is 17.1. The molecule has 0 radical (unpaired) electrons. The van der Waals surface area contributed by atoms with Gasteiger partial charge in [-0.05, 0) is 24.4 Å². The number of carbonyl (C=O) groups excluding carboxylic acids is 1. The van der Waals surface area contributed by atoms with Crippen molar-refractivity contribution in [3.63, 3.8) is 0 Å². The van der Waals surface area contributed by atoms with Crippen molar-refractivity contribution in [1.82, 2.24) is 15.5 Å². The fraction of sp³-hybridized carbons (Fsp3) is 0.235. The largest absolute Gasteiger partial charge is 0.349 e. The van der Waals surface area contributed by atoms with Crippen molar-refractivity contribution in [2.24, 2.45) is 0 Å². The summed E-state index contributed by atoms with van der Waals surface area (Å²) in [6.07, 6.45) is 0.405. The zero-order valence-corrected chi connectivity index (χ0v) is 14.1. The maximum atomic E-state index is 13.7. The second kappa shape index (κ2) is 7.52. The Morgan fingerprint density at radius 2 is 2.20 bits per heavy atom. The molecule has 3 aromatic rings. The zero-order valence-electron chi connectivity index (χ0n) is 13.3. The second-order valence-electron chi connectivity index (χ2n) is 5.44. The maximum absolute atomic E-state index is 13.7. The van der Waals surface area contributed by atoms with Gasteiger partial charge in [-0.1, -0.05) is 17.3 Å². The van der Waals surface area contributed by atoms with Gasteiger partial charge in [-0.3, -0.25) is 4.79 Å². The molecule has 0 saturated heterocycles. The number of thiophene rings is 1. The van der Waals surface area contributed by atoms with Gasteiger partial charge in [0.05, 0.1) is 10.9 Å². The molecule has 0 bridgehead atoms. The molecule has 25 heavy (non-hydrogen) atoms. The molecule has 0 aliphatic carbocycles. The molecule has 1 aromatic carbocycles.